The van der Waals surface area contributed by atoms with E-state index in [0.29, 0.717) is 24.7 Å². The van der Waals surface area contributed by atoms with Crippen LogP contribution in [0.5, 0.6) is 5.75 Å². The molecule has 0 radical (unpaired) electrons. The van der Waals surface area contributed by atoms with Crippen LogP contribution in [0.3, 0.4) is 0 Å². The molecule has 112 valence electrons. The van der Waals surface area contributed by atoms with Gasteiger partial charge in [-0.05, 0) is 31.0 Å². The van der Waals surface area contributed by atoms with E-state index < -0.39 is 0 Å². The van der Waals surface area contributed by atoms with E-state index >= 15 is 0 Å². The van der Waals surface area contributed by atoms with Crippen LogP contribution in [-0.2, 0) is 10.2 Å². The number of ether oxygens (including phenoxy) is 1. The van der Waals surface area contributed by atoms with Crippen LogP contribution in [0.25, 0.3) is 0 Å². The molecule has 1 amide bonds. The first-order chi connectivity index (χ1) is 10.1. The smallest absolute Gasteiger partial charge is 0.226 e. The molecule has 1 N–H and O–H groups in total. The lowest BCUT2D eigenvalue weighted by atomic mass is 9.86. The van der Waals surface area contributed by atoms with E-state index in [0.717, 1.165) is 24.2 Å². The predicted molar refractivity (Wildman–Crippen MR) is 78.5 cm³/mol. The predicted octanol–water partition coefficient (Wildman–Crippen LogP) is 1.83. The van der Waals surface area contributed by atoms with Gasteiger partial charge >= 0.3 is 0 Å². The average Bonchev–Trinajstić information content (AvgIpc) is 3.14. The second-order valence-electron chi connectivity index (χ2n) is 6.44. The Bertz CT molecular complexity index is 599. The van der Waals surface area contributed by atoms with Gasteiger partial charge in [-0.2, -0.15) is 0 Å². The first kappa shape index (κ1) is 13.4. The van der Waals surface area contributed by atoms with Gasteiger partial charge < -0.3 is 14.7 Å². The van der Waals surface area contributed by atoms with Gasteiger partial charge in [0.1, 0.15) is 5.75 Å². The van der Waals surface area contributed by atoms with Crippen molar-refractivity contribution in [2.45, 2.75) is 18.3 Å². The van der Waals surface area contributed by atoms with Crippen molar-refractivity contribution in [1.29, 1.82) is 0 Å². The number of fused-ring (bicyclic) bond motifs is 2. The van der Waals surface area contributed by atoms with Gasteiger partial charge in [-0.1, -0.05) is 11.6 Å². The van der Waals surface area contributed by atoms with Crippen molar-refractivity contribution in [3.63, 3.8) is 0 Å². The first-order valence-electron chi connectivity index (χ1n) is 7.46. The maximum Gasteiger partial charge on any atom is 0.226 e. The molecule has 2 heterocycles. The summed E-state index contributed by atoms with van der Waals surface area (Å²) in [4.78, 5) is 14.5. The fourth-order valence-electron chi connectivity index (χ4n) is 3.78. The van der Waals surface area contributed by atoms with Crippen LogP contribution in [0, 0.1) is 11.8 Å². The molecule has 0 bridgehead atoms. The van der Waals surface area contributed by atoms with E-state index in [-0.39, 0.29) is 29.8 Å². The van der Waals surface area contributed by atoms with Crippen molar-refractivity contribution in [3.05, 3.63) is 28.8 Å². The molecule has 5 heteroatoms. The monoisotopic (exact) mass is 307 g/mol. The molecule has 3 aliphatic rings. The van der Waals surface area contributed by atoms with Crippen molar-refractivity contribution < 1.29 is 14.6 Å². The van der Waals surface area contributed by atoms with Gasteiger partial charge in [0.2, 0.25) is 5.91 Å². The highest BCUT2D eigenvalue weighted by atomic mass is 35.5. The molecule has 2 fully saturated rings. The van der Waals surface area contributed by atoms with Gasteiger partial charge in [-0.25, -0.2) is 0 Å². The van der Waals surface area contributed by atoms with E-state index in [9.17, 15) is 4.79 Å². The molecule has 4 nitrogen and oxygen atoms in total. The number of carbonyl (C=O) groups excluding carboxylic acids is 1. The summed E-state index contributed by atoms with van der Waals surface area (Å²) in [6.07, 6.45) is 1.77. The number of carbonyl (C=O) groups is 1. The SMILES string of the molecule is O=C([C@@H]1C[C@]12CCOc1ccc(Cl)cc12)N1CC(CO)C1. The Balaban J connectivity index is 1.56. The molecule has 1 aromatic carbocycles. The Morgan fingerprint density at radius 1 is 1.48 bits per heavy atom. The number of rotatable bonds is 2. The Morgan fingerprint density at radius 2 is 2.29 bits per heavy atom. The highest BCUT2D eigenvalue weighted by Gasteiger charge is 2.62. The summed E-state index contributed by atoms with van der Waals surface area (Å²) < 4.78 is 5.70. The topological polar surface area (TPSA) is 49.8 Å². The lowest BCUT2D eigenvalue weighted by Crippen LogP contribution is -2.52. The van der Waals surface area contributed by atoms with Crippen LogP contribution < -0.4 is 4.74 Å². The maximum atomic E-state index is 12.6. The molecule has 2 aliphatic heterocycles. The maximum absolute atomic E-state index is 12.6. The lowest BCUT2D eigenvalue weighted by Gasteiger charge is -2.39. The minimum absolute atomic E-state index is 0.0539. The number of nitrogens with zero attached hydrogens (tertiary/aromatic N) is 1. The van der Waals surface area contributed by atoms with Crippen LogP contribution in [0.4, 0.5) is 0 Å². The molecule has 0 aromatic heterocycles. The third kappa shape index (κ3) is 1.96. The zero-order valence-corrected chi connectivity index (χ0v) is 12.5. The molecule has 2 atom stereocenters. The van der Waals surface area contributed by atoms with Crippen LogP contribution in [0.2, 0.25) is 5.02 Å². The number of aliphatic hydroxyl groups excluding tert-OH is 1. The highest BCUT2D eigenvalue weighted by Crippen LogP contribution is 2.61. The van der Waals surface area contributed by atoms with E-state index in [2.05, 4.69) is 0 Å². The second kappa shape index (κ2) is 4.62. The largest absolute Gasteiger partial charge is 0.493 e. The number of likely N-dealkylation sites (tertiary alicyclic amines) is 1. The van der Waals surface area contributed by atoms with Gasteiger partial charge in [-0.15, -0.1) is 0 Å². The third-order valence-corrected chi connectivity index (χ3v) is 5.42. The number of benzene rings is 1. The fourth-order valence-corrected chi connectivity index (χ4v) is 3.96. The molecule has 21 heavy (non-hydrogen) atoms. The first-order valence-corrected chi connectivity index (χ1v) is 7.84. The van der Waals surface area contributed by atoms with Crippen LogP contribution >= 0.6 is 11.6 Å². The van der Waals surface area contributed by atoms with Gasteiger partial charge in [-0.3, -0.25) is 4.79 Å². The summed E-state index contributed by atoms with van der Waals surface area (Å²) in [6.45, 7) is 2.23. The molecule has 0 unspecified atom stereocenters. The number of amides is 1. The normalized spacial score (nSPS) is 30.6. The molecule has 4 rings (SSSR count). The van der Waals surface area contributed by atoms with Crippen LogP contribution in [-0.4, -0.2) is 42.2 Å². The molecule has 1 aromatic rings. The minimum Gasteiger partial charge on any atom is -0.493 e. The number of halogens is 1. The van der Waals surface area contributed by atoms with E-state index in [1.54, 1.807) is 0 Å². The fraction of sp³-hybridized carbons (Fsp3) is 0.562. The van der Waals surface area contributed by atoms with E-state index in [1.165, 1.54) is 0 Å². The Morgan fingerprint density at radius 3 is 3.05 bits per heavy atom. The van der Waals surface area contributed by atoms with E-state index in [1.807, 2.05) is 23.1 Å². The summed E-state index contributed by atoms with van der Waals surface area (Å²) in [5, 5.41) is 9.77. The summed E-state index contributed by atoms with van der Waals surface area (Å²) in [7, 11) is 0. The highest BCUT2D eigenvalue weighted by molar-refractivity contribution is 6.30. The molecule has 1 spiro atoms. The molecule has 1 saturated heterocycles. The van der Waals surface area contributed by atoms with Gasteiger partial charge in [0.05, 0.1) is 6.61 Å². The molecule has 1 aliphatic carbocycles. The molecular weight excluding hydrogens is 290 g/mol. The zero-order chi connectivity index (χ0) is 14.6. The second-order valence-corrected chi connectivity index (χ2v) is 6.88. The Hall–Kier alpha value is -1.26. The van der Waals surface area contributed by atoms with Gasteiger partial charge in [0.25, 0.3) is 0 Å². The Labute approximate surface area is 128 Å². The van der Waals surface area contributed by atoms with Crippen LogP contribution in [0.1, 0.15) is 18.4 Å². The van der Waals surface area contributed by atoms with Crippen molar-refractivity contribution in [3.8, 4) is 5.75 Å². The number of aliphatic hydroxyl groups is 1. The summed E-state index contributed by atoms with van der Waals surface area (Å²) in [5.74, 6) is 1.42. The van der Waals surface area contributed by atoms with Crippen molar-refractivity contribution in [2.24, 2.45) is 11.8 Å². The molecule has 1 saturated carbocycles. The van der Waals surface area contributed by atoms with Crippen molar-refractivity contribution >= 4 is 17.5 Å². The quantitative estimate of drug-likeness (QED) is 0.907. The van der Waals surface area contributed by atoms with Crippen molar-refractivity contribution in [2.75, 3.05) is 26.3 Å². The summed E-state index contributed by atoms with van der Waals surface area (Å²) in [6, 6.07) is 5.69. The zero-order valence-electron chi connectivity index (χ0n) is 11.7. The van der Waals surface area contributed by atoms with E-state index in [4.69, 9.17) is 21.4 Å². The minimum atomic E-state index is -0.0696. The van der Waals surface area contributed by atoms with Gasteiger partial charge in [0.15, 0.2) is 0 Å². The number of hydrogen-bond donors (Lipinski definition) is 1. The van der Waals surface area contributed by atoms with Gasteiger partial charge in [0, 0.05) is 47.5 Å². The lowest BCUT2D eigenvalue weighted by molar-refractivity contribution is -0.140. The average molecular weight is 308 g/mol. The standard InChI is InChI=1S/C16H18ClNO3/c17-11-1-2-14-12(5-11)16(3-4-21-14)6-13(16)15(20)18-7-10(8-18)9-19/h1-2,5,10,13,19H,3-4,6-9H2/t13-,16-/m0/s1. The molecular formula is C16H18ClNO3. The van der Waals surface area contributed by atoms with Crippen molar-refractivity contribution in [1.82, 2.24) is 4.90 Å². The Kier molecular flexibility index (Phi) is 2.95. The number of hydrogen-bond acceptors (Lipinski definition) is 3. The van der Waals surface area contributed by atoms with Crippen LogP contribution in [0.15, 0.2) is 18.2 Å². The third-order valence-electron chi connectivity index (χ3n) is 5.18. The summed E-state index contributed by atoms with van der Waals surface area (Å²) in [5.41, 5.74) is 1.03. The summed E-state index contributed by atoms with van der Waals surface area (Å²) >= 11 is 6.12.